The van der Waals surface area contributed by atoms with Gasteiger partial charge in [0.1, 0.15) is 11.6 Å². The van der Waals surface area contributed by atoms with Gasteiger partial charge in [0.2, 0.25) is 5.91 Å². The van der Waals surface area contributed by atoms with Gasteiger partial charge in [-0.15, -0.1) is 0 Å². The predicted molar refractivity (Wildman–Crippen MR) is 84.1 cm³/mol. The number of aryl methyl sites for hydroxylation is 3. The zero-order chi connectivity index (χ0) is 16.3. The first-order chi connectivity index (χ1) is 10.4. The first kappa shape index (κ1) is 15.9. The van der Waals surface area contributed by atoms with Crippen molar-refractivity contribution in [2.45, 2.75) is 20.8 Å². The highest BCUT2D eigenvalue weighted by Gasteiger charge is 2.09. The molecule has 0 saturated carbocycles. The van der Waals surface area contributed by atoms with Gasteiger partial charge in [0, 0.05) is 11.8 Å². The molecular formula is C17H18F2N2O. The molecule has 0 atom stereocenters. The van der Waals surface area contributed by atoms with Crippen LogP contribution in [0.5, 0.6) is 0 Å². The topological polar surface area (TPSA) is 41.1 Å². The Morgan fingerprint density at radius 3 is 2.27 bits per heavy atom. The molecule has 2 aromatic carbocycles. The lowest BCUT2D eigenvalue weighted by atomic mass is 10.1. The molecule has 5 heteroatoms. The first-order valence-corrected chi connectivity index (χ1v) is 6.93. The molecule has 116 valence electrons. The maximum atomic E-state index is 13.5. The van der Waals surface area contributed by atoms with Crippen LogP contribution in [0.3, 0.4) is 0 Å². The number of hydrogen-bond acceptors (Lipinski definition) is 2. The highest BCUT2D eigenvalue weighted by atomic mass is 19.1. The summed E-state index contributed by atoms with van der Waals surface area (Å²) in [4.78, 5) is 11.9. The maximum absolute atomic E-state index is 13.5. The molecule has 0 heterocycles. The van der Waals surface area contributed by atoms with E-state index in [1.807, 2.05) is 32.9 Å². The quantitative estimate of drug-likeness (QED) is 0.898. The minimum absolute atomic E-state index is 0.00155. The van der Waals surface area contributed by atoms with Crippen LogP contribution in [0.1, 0.15) is 16.7 Å². The van der Waals surface area contributed by atoms with E-state index < -0.39 is 17.5 Å². The zero-order valence-electron chi connectivity index (χ0n) is 12.8. The molecule has 0 aliphatic carbocycles. The number of hydrogen-bond donors (Lipinski definition) is 2. The molecule has 2 aromatic rings. The molecule has 0 aromatic heterocycles. The van der Waals surface area contributed by atoms with Gasteiger partial charge in [-0.2, -0.15) is 0 Å². The Bertz CT molecular complexity index is 691. The van der Waals surface area contributed by atoms with E-state index in [4.69, 9.17) is 0 Å². The second-order valence-corrected chi connectivity index (χ2v) is 5.30. The van der Waals surface area contributed by atoms with Crippen molar-refractivity contribution in [3.63, 3.8) is 0 Å². The summed E-state index contributed by atoms with van der Waals surface area (Å²) in [5.41, 5.74) is 4.08. The van der Waals surface area contributed by atoms with Crippen molar-refractivity contribution in [2.24, 2.45) is 0 Å². The van der Waals surface area contributed by atoms with Crippen molar-refractivity contribution in [1.29, 1.82) is 0 Å². The van der Waals surface area contributed by atoms with Crippen molar-refractivity contribution in [3.05, 3.63) is 58.7 Å². The van der Waals surface area contributed by atoms with Gasteiger partial charge in [-0.25, -0.2) is 8.78 Å². The minimum Gasteiger partial charge on any atom is -0.376 e. The Morgan fingerprint density at radius 2 is 1.68 bits per heavy atom. The van der Waals surface area contributed by atoms with Gasteiger partial charge in [-0.1, -0.05) is 17.7 Å². The van der Waals surface area contributed by atoms with E-state index in [2.05, 4.69) is 10.6 Å². The highest BCUT2D eigenvalue weighted by Crippen LogP contribution is 2.21. The lowest BCUT2D eigenvalue weighted by molar-refractivity contribution is -0.114. The lowest BCUT2D eigenvalue weighted by Gasteiger charge is -2.14. The Morgan fingerprint density at radius 1 is 1.05 bits per heavy atom. The number of anilines is 2. The number of benzene rings is 2. The lowest BCUT2D eigenvalue weighted by Crippen LogP contribution is -2.23. The molecule has 0 aliphatic rings. The van der Waals surface area contributed by atoms with Crippen molar-refractivity contribution in [1.82, 2.24) is 0 Å². The standard InChI is InChI=1S/C17H18F2N2O/c1-10-6-11(2)17(12(3)7-10)20-9-16(22)21-15-5-4-13(18)8-14(15)19/h4-8,20H,9H2,1-3H3,(H,21,22). The fourth-order valence-electron chi connectivity index (χ4n) is 2.41. The van der Waals surface area contributed by atoms with E-state index in [1.165, 1.54) is 6.07 Å². The van der Waals surface area contributed by atoms with E-state index in [9.17, 15) is 13.6 Å². The molecule has 22 heavy (non-hydrogen) atoms. The fourth-order valence-corrected chi connectivity index (χ4v) is 2.41. The van der Waals surface area contributed by atoms with Crippen LogP contribution < -0.4 is 10.6 Å². The molecule has 1 amide bonds. The average molecular weight is 304 g/mol. The average Bonchev–Trinajstić information content (AvgIpc) is 2.40. The van der Waals surface area contributed by atoms with Crippen molar-refractivity contribution in [3.8, 4) is 0 Å². The Balaban J connectivity index is 2.02. The van der Waals surface area contributed by atoms with E-state index in [-0.39, 0.29) is 12.2 Å². The molecule has 0 fully saturated rings. The van der Waals surface area contributed by atoms with Gasteiger partial charge >= 0.3 is 0 Å². The van der Waals surface area contributed by atoms with Crippen LogP contribution in [0.2, 0.25) is 0 Å². The molecule has 0 bridgehead atoms. The zero-order valence-corrected chi connectivity index (χ0v) is 12.8. The minimum atomic E-state index is -0.795. The summed E-state index contributed by atoms with van der Waals surface area (Å²) < 4.78 is 26.3. The Kier molecular flexibility index (Phi) is 4.75. The van der Waals surface area contributed by atoms with Gasteiger partial charge < -0.3 is 10.6 Å². The van der Waals surface area contributed by atoms with E-state index in [0.717, 1.165) is 34.5 Å². The van der Waals surface area contributed by atoms with Crippen molar-refractivity contribution >= 4 is 17.3 Å². The van der Waals surface area contributed by atoms with Crippen LogP contribution in [-0.4, -0.2) is 12.5 Å². The van der Waals surface area contributed by atoms with Crippen LogP contribution in [0, 0.1) is 32.4 Å². The summed E-state index contributed by atoms with van der Waals surface area (Å²) >= 11 is 0. The van der Waals surface area contributed by atoms with Gasteiger partial charge in [0.25, 0.3) is 0 Å². The monoisotopic (exact) mass is 304 g/mol. The van der Waals surface area contributed by atoms with Crippen molar-refractivity contribution in [2.75, 3.05) is 17.2 Å². The van der Waals surface area contributed by atoms with Gasteiger partial charge in [0.05, 0.1) is 12.2 Å². The SMILES string of the molecule is Cc1cc(C)c(NCC(=O)Nc2ccc(F)cc2F)c(C)c1. The summed E-state index contributed by atoms with van der Waals surface area (Å²) in [5.74, 6) is -1.87. The molecule has 3 nitrogen and oxygen atoms in total. The third kappa shape index (κ3) is 3.81. The number of rotatable bonds is 4. The largest absolute Gasteiger partial charge is 0.376 e. The molecule has 0 spiro atoms. The second-order valence-electron chi connectivity index (χ2n) is 5.30. The number of carbonyl (C=O) groups excluding carboxylic acids is 1. The van der Waals surface area contributed by atoms with E-state index in [1.54, 1.807) is 0 Å². The Labute approximate surface area is 128 Å². The Hall–Kier alpha value is -2.43. The number of amides is 1. The smallest absolute Gasteiger partial charge is 0.243 e. The van der Waals surface area contributed by atoms with E-state index >= 15 is 0 Å². The van der Waals surface area contributed by atoms with Gasteiger partial charge in [0.15, 0.2) is 0 Å². The molecule has 0 radical (unpaired) electrons. The molecular weight excluding hydrogens is 286 g/mol. The molecule has 2 N–H and O–H groups in total. The number of nitrogens with one attached hydrogen (secondary N) is 2. The van der Waals surface area contributed by atoms with Gasteiger partial charge in [-0.05, 0) is 44.0 Å². The third-order valence-corrected chi connectivity index (χ3v) is 3.31. The summed E-state index contributed by atoms with van der Waals surface area (Å²) in [6.45, 7) is 5.93. The summed E-state index contributed by atoms with van der Waals surface area (Å²) in [5, 5.41) is 5.47. The van der Waals surface area contributed by atoms with Crippen LogP contribution >= 0.6 is 0 Å². The van der Waals surface area contributed by atoms with Crippen LogP contribution in [-0.2, 0) is 4.79 Å². The highest BCUT2D eigenvalue weighted by molar-refractivity contribution is 5.94. The molecule has 0 unspecified atom stereocenters. The number of carbonyl (C=O) groups is 1. The second kappa shape index (κ2) is 6.56. The first-order valence-electron chi connectivity index (χ1n) is 6.93. The third-order valence-electron chi connectivity index (χ3n) is 3.31. The predicted octanol–water partition coefficient (Wildman–Crippen LogP) is 3.94. The summed E-state index contributed by atoms with van der Waals surface area (Å²) in [6, 6.07) is 7.07. The van der Waals surface area contributed by atoms with Gasteiger partial charge in [-0.3, -0.25) is 4.79 Å². The summed E-state index contributed by atoms with van der Waals surface area (Å²) in [7, 11) is 0. The molecule has 2 rings (SSSR count). The van der Waals surface area contributed by atoms with E-state index in [0.29, 0.717) is 0 Å². The molecule has 0 aliphatic heterocycles. The molecule has 0 saturated heterocycles. The van der Waals surface area contributed by atoms with Crippen LogP contribution in [0.25, 0.3) is 0 Å². The van der Waals surface area contributed by atoms with Crippen molar-refractivity contribution < 1.29 is 13.6 Å². The fraction of sp³-hybridized carbons (Fsp3) is 0.235. The van der Waals surface area contributed by atoms with Crippen LogP contribution in [0.15, 0.2) is 30.3 Å². The summed E-state index contributed by atoms with van der Waals surface area (Å²) in [6.07, 6.45) is 0. The van der Waals surface area contributed by atoms with Crippen LogP contribution in [0.4, 0.5) is 20.2 Å². The normalized spacial score (nSPS) is 10.4. The maximum Gasteiger partial charge on any atom is 0.243 e. The number of halogens is 2.